The van der Waals surface area contributed by atoms with Crippen LogP contribution in [-0.4, -0.2) is 11.9 Å². The van der Waals surface area contributed by atoms with E-state index in [0.29, 0.717) is 16.5 Å². The van der Waals surface area contributed by atoms with E-state index in [1.54, 1.807) is 6.07 Å². The van der Waals surface area contributed by atoms with Crippen molar-refractivity contribution in [1.29, 1.82) is 0 Å². The molecule has 3 nitrogen and oxygen atoms in total. The number of fused-ring (bicyclic) bond motifs is 1. The molecule has 1 N–H and O–H groups in total. The van der Waals surface area contributed by atoms with Crippen molar-refractivity contribution >= 4 is 11.6 Å². The van der Waals surface area contributed by atoms with E-state index >= 15 is 0 Å². The summed E-state index contributed by atoms with van der Waals surface area (Å²) in [5, 5.41) is 11.1. The van der Waals surface area contributed by atoms with Gasteiger partial charge in [-0.05, 0) is 49.0 Å². The summed E-state index contributed by atoms with van der Waals surface area (Å²) in [4.78, 5) is 0. The van der Waals surface area contributed by atoms with Crippen LogP contribution in [-0.2, 0) is 0 Å². The summed E-state index contributed by atoms with van der Waals surface area (Å²) in [7, 11) is 0. The minimum atomic E-state index is -0.597. The topological polar surface area (TPSA) is 38.7 Å². The minimum absolute atomic E-state index is 0.192. The van der Waals surface area contributed by atoms with Crippen LogP contribution in [0.5, 0.6) is 11.5 Å². The van der Waals surface area contributed by atoms with Crippen molar-refractivity contribution in [1.82, 2.24) is 0 Å². The van der Waals surface area contributed by atoms with Gasteiger partial charge in [-0.1, -0.05) is 30.5 Å². The Labute approximate surface area is 124 Å². The number of hydrogen-bond acceptors (Lipinski definition) is 3. The van der Waals surface area contributed by atoms with Crippen LogP contribution in [0.15, 0.2) is 23.8 Å². The average molecular weight is 295 g/mol. The van der Waals surface area contributed by atoms with Gasteiger partial charge >= 0.3 is 0 Å². The maximum atomic E-state index is 10.6. The Kier molecular flexibility index (Phi) is 4.18. The molecule has 1 aliphatic carbocycles. The van der Waals surface area contributed by atoms with Crippen LogP contribution in [0.25, 0.3) is 0 Å². The van der Waals surface area contributed by atoms with Gasteiger partial charge in [-0.15, -0.1) is 0 Å². The zero-order valence-corrected chi connectivity index (χ0v) is 12.2. The fourth-order valence-corrected chi connectivity index (χ4v) is 3.10. The number of aliphatic hydroxyl groups excluding tert-OH is 1. The fraction of sp³-hybridized carbons (Fsp3) is 0.500. The van der Waals surface area contributed by atoms with Gasteiger partial charge < -0.3 is 14.6 Å². The molecule has 1 aliphatic heterocycles. The first-order chi connectivity index (χ1) is 9.75. The highest BCUT2D eigenvalue weighted by molar-refractivity contribution is 6.32. The predicted molar refractivity (Wildman–Crippen MR) is 78.3 cm³/mol. The molecule has 4 heteroatoms. The molecule has 3 rings (SSSR count). The van der Waals surface area contributed by atoms with Gasteiger partial charge in [0.25, 0.3) is 0 Å². The SMILES string of the molecule is OC(/C1=C/CCCCCC1)c1cc(Cl)c2c(c1)OCO2. The van der Waals surface area contributed by atoms with E-state index in [2.05, 4.69) is 6.08 Å². The van der Waals surface area contributed by atoms with Crippen LogP contribution in [0.2, 0.25) is 5.02 Å². The minimum Gasteiger partial charge on any atom is -0.454 e. The zero-order chi connectivity index (χ0) is 13.9. The van der Waals surface area contributed by atoms with E-state index in [1.807, 2.05) is 6.07 Å². The van der Waals surface area contributed by atoms with Crippen molar-refractivity contribution < 1.29 is 14.6 Å². The van der Waals surface area contributed by atoms with Crippen molar-refractivity contribution in [3.63, 3.8) is 0 Å². The molecule has 0 amide bonds. The standard InChI is InChI=1S/C16H19ClO3/c17-13-8-12(9-14-16(13)20-10-19-14)15(18)11-6-4-2-1-3-5-7-11/h6,8-9,15,18H,1-5,7,10H2/b11-6+. The molecule has 1 aromatic rings. The van der Waals surface area contributed by atoms with Crippen molar-refractivity contribution in [2.24, 2.45) is 0 Å². The normalized spacial score (nSPS) is 22.6. The molecule has 108 valence electrons. The van der Waals surface area contributed by atoms with Gasteiger partial charge in [0, 0.05) is 0 Å². The quantitative estimate of drug-likeness (QED) is 0.823. The molecule has 0 bridgehead atoms. The number of aliphatic hydroxyl groups is 1. The number of benzene rings is 1. The lowest BCUT2D eigenvalue weighted by Gasteiger charge is -2.18. The highest BCUT2D eigenvalue weighted by Gasteiger charge is 2.22. The van der Waals surface area contributed by atoms with E-state index < -0.39 is 6.10 Å². The maximum absolute atomic E-state index is 10.6. The Bertz CT molecular complexity index is 525. The molecule has 0 aromatic heterocycles. The number of hydrogen-bond donors (Lipinski definition) is 1. The third-order valence-electron chi connectivity index (χ3n) is 3.94. The van der Waals surface area contributed by atoms with E-state index in [9.17, 15) is 5.11 Å². The number of halogens is 1. The molecule has 1 heterocycles. The Morgan fingerprint density at radius 2 is 1.95 bits per heavy atom. The van der Waals surface area contributed by atoms with Crippen LogP contribution in [0.4, 0.5) is 0 Å². The van der Waals surface area contributed by atoms with E-state index in [-0.39, 0.29) is 6.79 Å². The summed E-state index contributed by atoms with van der Waals surface area (Å²) in [6.07, 6.45) is 8.46. The first-order valence-corrected chi connectivity index (χ1v) is 7.59. The van der Waals surface area contributed by atoms with Gasteiger partial charge in [-0.25, -0.2) is 0 Å². The van der Waals surface area contributed by atoms with Gasteiger partial charge in [0.2, 0.25) is 6.79 Å². The van der Waals surface area contributed by atoms with Crippen LogP contribution in [0, 0.1) is 0 Å². The zero-order valence-electron chi connectivity index (χ0n) is 11.4. The van der Waals surface area contributed by atoms with E-state index in [4.69, 9.17) is 21.1 Å². The van der Waals surface area contributed by atoms with Crippen LogP contribution in [0.3, 0.4) is 0 Å². The molecule has 0 spiro atoms. The van der Waals surface area contributed by atoms with Crippen LogP contribution >= 0.6 is 11.6 Å². The summed E-state index contributed by atoms with van der Waals surface area (Å²) in [5.74, 6) is 1.20. The van der Waals surface area contributed by atoms with Gasteiger partial charge in [0.1, 0.15) is 6.10 Å². The van der Waals surface area contributed by atoms with Gasteiger partial charge in [0.05, 0.1) is 5.02 Å². The number of allylic oxidation sites excluding steroid dienone is 1. The largest absolute Gasteiger partial charge is 0.454 e. The van der Waals surface area contributed by atoms with Gasteiger partial charge in [0.15, 0.2) is 11.5 Å². The second-order valence-electron chi connectivity index (χ2n) is 5.37. The van der Waals surface area contributed by atoms with Crippen molar-refractivity contribution in [3.05, 3.63) is 34.4 Å². The monoisotopic (exact) mass is 294 g/mol. The molecular weight excluding hydrogens is 276 g/mol. The lowest BCUT2D eigenvalue weighted by atomic mass is 9.93. The van der Waals surface area contributed by atoms with Crippen molar-refractivity contribution in [2.75, 3.05) is 6.79 Å². The highest BCUT2D eigenvalue weighted by Crippen LogP contribution is 2.42. The first kappa shape index (κ1) is 13.8. The Morgan fingerprint density at radius 1 is 1.10 bits per heavy atom. The molecule has 1 aromatic carbocycles. The van der Waals surface area contributed by atoms with E-state index in [1.165, 1.54) is 19.3 Å². The van der Waals surface area contributed by atoms with Crippen molar-refractivity contribution in [2.45, 2.75) is 44.6 Å². The smallest absolute Gasteiger partial charge is 0.231 e. The second kappa shape index (κ2) is 6.06. The Hall–Kier alpha value is -1.19. The summed E-state index contributed by atoms with van der Waals surface area (Å²) >= 11 is 6.18. The Balaban J connectivity index is 1.86. The summed E-state index contributed by atoms with van der Waals surface area (Å²) in [5.41, 5.74) is 1.88. The predicted octanol–water partition coefficient (Wildman–Crippen LogP) is 4.38. The molecule has 0 saturated carbocycles. The molecule has 2 aliphatic rings. The van der Waals surface area contributed by atoms with Crippen LogP contribution < -0.4 is 9.47 Å². The molecule has 0 saturated heterocycles. The van der Waals surface area contributed by atoms with E-state index in [0.717, 1.165) is 30.4 Å². The fourth-order valence-electron chi connectivity index (χ4n) is 2.82. The molecule has 20 heavy (non-hydrogen) atoms. The summed E-state index contributed by atoms with van der Waals surface area (Å²) < 4.78 is 10.7. The second-order valence-corrected chi connectivity index (χ2v) is 5.78. The van der Waals surface area contributed by atoms with Gasteiger partial charge in [-0.3, -0.25) is 0 Å². The molecular formula is C16H19ClO3. The lowest BCUT2D eigenvalue weighted by Crippen LogP contribution is -2.04. The summed E-state index contributed by atoms with van der Waals surface area (Å²) in [6.45, 7) is 0.192. The first-order valence-electron chi connectivity index (χ1n) is 7.22. The average Bonchev–Trinajstić information content (AvgIpc) is 2.86. The third kappa shape index (κ3) is 2.79. The molecule has 1 unspecified atom stereocenters. The molecule has 0 fully saturated rings. The Morgan fingerprint density at radius 3 is 2.85 bits per heavy atom. The maximum Gasteiger partial charge on any atom is 0.231 e. The summed E-state index contributed by atoms with van der Waals surface area (Å²) in [6, 6.07) is 3.61. The lowest BCUT2D eigenvalue weighted by molar-refractivity contribution is 0.173. The molecule has 0 radical (unpaired) electrons. The highest BCUT2D eigenvalue weighted by atomic mass is 35.5. The number of ether oxygens (including phenoxy) is 2. The molecule has 1 atom stereocenters. The van der Waals surface area contributed by atoms with Gasteiger partial charge in [-0.2, -0.15) is 0 Å². The van der Waals surface area contributed by atoms with Crippen molar-refractivity contribution in [3.8, 4) is 11.5 Å². The third-order valence-corrected chi connectivity index (χ3v) is 4.22. The van der Waals surface area contributed by atoms with Crippen LogP contribution in [0.1, 0.15) is 50.2 Å². The number of rotatable bonds is 2.